The number of carbonyl (C=O) groups excluding carboxylic acids is 1. The molecule has 0 amide bonds. The molecule has 0 bridgehead atoms. The maximum Gasteiger partial charge on any atom is 0.426 e. The van der Waals surface area contributed by atoms with Gasteiger partial charge in [0.05, 0.1) is 5.56 Å². The van der Waals surface area contributed by atoms with E-state index < -0.39 is 39.5 Å². The van der Waals surface area contributed by atoms with Crippen LogP contribution in [0.3, 0.4) is 0 Å². The maximum absolute atomic E-state index is 12.9. The largest absolute Gasteiger partial charge is 0.448 e. The third-order valence-electron chi connectivity index (χ3n) is 4.31. The van der Waals surface area contributed by atoms with E-state index in [9.17, 15) is 26.4 Å². The highest BCUT2D eigenvalue weighted by Crippen LogP contribution is 2.31. The van der Waals surface area contributed by atoms with Crippen molar-refractivity contribution in [2.45, 2.75) is 31.5 Å². The lowest BCUT2D eigenvalue weighted by Gasteiger charge is -2.26. The van der Waals surface area contributed by atoms with E-state index in [0.29, 0.717) is 0 Å². The molecule has 9 heteroatoms. The lowest BCUT2D eigenvalue weighted by Crippen LogP contribution is -2.39. The monoisotopic (exact) mass is 416 g/mol. The molecule has 0 aliphatic carbocycles. The molecule has 0 aliphatic heterocycles. The van der Waals surface area contributed by atoms with Crippen molar-refractivity contribution in [2.75, 3.05) is 5.75 Å². The van der Waals surface area contributed by atoms with Crippen molar-refractivity contribution in [3.05, 3.63) is 71.3 Å². The van der Waals surface area contributed by atoms with Gasteiger partial charge in [0.15, 0.2) is 0 Å². The molecular weight excluding hydrogens is 397 g/mol. The molecule has 0 aromatic heterocycles. The van der Waals surface area contributed by atoms with Crippen molar-refractivity contribution in [3.63, 3.8) is 0 Å². The third-order valence-corrected chi connectivity index (χ3v) is 5.04. The van der Waals surface area contributed by atoms with Gasteiger partial charge in [-0.3, -0.25) is 4.55 Å². The summed E-state index contributed by atoms with van der Waals surface area (Å²) in [5, 5.41) is 0. The van der Waals surface area contributed by atoms with Gasteiger partial charge in [-0.15, -0.1) is 0 Å². The summed E-state index contributed by atoms with van der Waals surface area (Å²) in [6, 6.07) is 15.3. The molecule has 1 atom stereocenters. The first-order valence-corrected chi connectivity index (χ1v) is 9.80. The van der Waals surface area contributed by atoms with Crippen LogP contribution in [0.25, 0.3) is 0 Å². The van der Waals surface area contributed by atoms with E-state index in [1.165, 1.54) is 12.1 Å². The Kier molecular flexibility index (Phi) is 6.20. The number of halogens is 3. The Morgan fingerprint density at radius 1 is 1.00 bits per heavy atom. The van der Waals surface area contributed by atoms with Gasteiger partial charge in [0.2, 0.25) is 6.10 Å². The van der Waals surface area contributed by atoms with E-state index in [1.54, 1.807) is 12.1 Å². The predicted molar refractivity (Wildman–Crippen MR) is 96.7 cm³/mol. The summed E-state index contributed by atoms with van der Waals surface area (Å²) < 4.78 is 73.1. The number of hydrogen-bond donors (Lipinski definition) is 1. The lowest BCUT2D eigenvalue weighted by molar-refractivity contribution is -0.197. The van der Waals surface area contributed by atoms with Crippen LogP contribution in [0.1, 0.15) is 35.3 Å². The zero-order chi connectivity index (χ0) is 21.2. The number of benzene rings is 2. The second-order valence-electron chi connectivity index (χ2n) is 6.75. The summed E-state index contributed by atoms with van der Waals surface area (Å²) in [7, 11) is -4.99. The Bertz CT molecular complexity index is 920. The molecule has 0 heterocycles. The van der Waals surface area contributed by atoms with Crippen LogP contribution in [0.2, 0.25) is 0 Å². The first-order chi connectivity index (χ1) is 12.8. The SMILES string of the molecule is CC(C)(c1ccccc1)c1ccc(C(=O)OC(CS(=O)(=O)O)C(F)(F)F)cc1. The first-order valence-electron chi connectivity index (χ1n) is 8.19. The number of rotatable bonds is 6. The zero-order valence-corrected chi connectivity index (χ0v) is 15.9. The van der Waals surface area contributed by atoms with Crippen LogP contribution in [-0.4, -0.2) is 37.0 Å². The van der Waals surface area contributed by atoms with Crippen molar-refractivity contribution in [1.29, 1.82) is 0 Å². The number of ether oxygens (including phenoxy) is 1. The number of carbonyl (C=O) groups is 1. The number of alkyl halides is 3. The van der Waals surface area contributed by atoms with Gasteiger partial charge in [-0.2, -0.15) is 21.6 Å². The summed E-state index contributed by atoms with van der Waals surface area (Å²) in [6.07, 6.45) is -8.10. The number of hydrogen-bond acceptors (Lipinski definition) is 4. The fraction of sp³-hybridized carbons (Fsp3) is 0.316. The average Bonchev–Trinajstić information content (AvgIpc) is 2.60. The Hall–Kier alpha value is -2.39. The Morgan fingerprint density at radius 2 is 1.50 bits per heavy atom. The Labute approximate surface area is 160 Å². The summed E-state index contributed by atoms with van der Waals surface area (Å²) in [4.78, 5) is 12.0. The van der Waals surface area contributed by atoms with Crippen LogP contribution >= 0.6 is 0 Å². The van der Waals surface area contributed by atoms with E-state index in [1.807, 2.05) is 44.2 Å². The molecule has 0 saturated carbocycles. The minimum Gasteiger partial charge on any atom is -0.448 e. The topological polar surface area (TPSA) is 80.7 Å². The second kappa shape index (κ2) is 7.92. The van der Waals surface area contributed by atoms with E-state index >= 15 is 0 Å². The van der Waals surface area contributed by atoms with Gasteiger partial charge < -0.3 is 4.74 Å². The molecule has 152 valence electrons. The molecule has 2 rings (SSSR count). The van der Waals surface area contributed by atoms with E-state index in [4.69, 9.17) is 4.55 Å². The maximum atomic E-state index is 12.9. The predicted octanol–water partition coefficient (Wildman–Crippen LogP) is 3.99. The van der Waals surface area contributed by atoms with Crippen LogP contribution in [0.15, 0.2) is 54.6 Å². The first kappa shape index (κ1) is 21.9. The summed E-state index contributed by atoms with van der Waals surface area (Å²) in [5.41, 5.74) is 1.25. The van der Waals surface area contributed by atoms with Gasteiger partial charge in [-0.25, -0.2) is 4.79 Å². The van der Waals surface area contributed by atoms with E-state index in [2.05, 4.69) is 4.74 Å². The molecule has 0 radical (unpaired) electrons. The van der Waals surface area contributed by atoms with Crippen LogP contribution in [0, 0.1) is 0 Å². The molecule has 5 nitrogen and oxygen atoms in total. The molecule has 0 aliphatic rings. The molecule has 0 saturated heterocycles. The standard InChI is InChI=1S/C19H19F3O5S/c1-18(2,14-6-4-3-5-7-14)15-10-8-13(9-11-15)17(23)27-16(19(20,21)22)12-28(24,25)26/h3-11,16H,12H2,1-2H3,(H,24,25,26). The average molecular weight is 416 g/mol. The van der Waals surface area contributed by atoms with Gasteiger partial charge in [0, 0.05) is 5.41 Å². The lowest BCUT2D eigenvalue weighted by atomic mass is 9.78. The van der Waals surface area contributed by atoms with Gasteiger partial charge >= 0.3 is 12.1 Å². The molecule has 1 unspecified atom stereocenters. The Balaban J connectivity index is 2.21. The molecule has 2 aromatic carbocycles. The third kappa shape index (κ3) is 5.56. The van der Waals surface area contributed by atoms with E-state index in [-0.39, 0.29) is 5.56 Å². The molecule has 28 heavy (non-hydrogen) atoms. The quantitative estimate of drug-likeness (QED) is 0.569. The summed E-state index contributed by atoms with van der Waals surface area (Å²) in [6.45, 7) is 3.92. The smallest absolute Gasteiger partial charge is 0.426 e. The van der Waals surface area contributed by atoms with Gasteiger partial charge in [0.25, 0.3) is 10.1 Å². The van der Waals surface area contributed by atoms with Gasteiger partial charge in [0.1, 0.15) is 5.75 Å². The number of esters is 1. The molecule has 1 N–H and O–H groups in total. The normalized spacial score (nSPS) is 13.8. The highest BCUT2D eigenvalue weighted by molar-refractivity contribution is 7.85. The minimum absolute atomic E-state index is 0.169. The van der Waals surface area contributed by atoms with Crippen molar-refractivity contribution < 1.29 is 35.7 Å². The highest BCUT2D eigenvalue weighted by Gasteiger charge is 2.45. The highest BCUT2D eigenvalue weighted by atomic mass is 32.2. The summed E-state index contributed by atoms with van der Waals surface area (Å²) >= 11 is 0. The summed E-state index contributed by atoms with van der Waals surface area (Å²) in [5.74, 6) is -3.10. The Morgan fingerprint density at radius 3 is 1.96 bits per heavy atom. The fourth-order valence-electron chi connectivity index (χ4n) is 2.63. The van der Waals surface area contributed by atoms with Crippen LogP contribution in [-0.2, 0) is 20.3 Å². The molecule has 0 spiro atoms. The second-order valence-corrected chi connectivity index (χ2v) is 8.25. The molecular formula is C19H19F3O5S. The van der Waals surface area contributed by atoms with Gasteiger partial charge in [-0.05, 0) is 23.3 Å². The van der Waals surface area contributed by atoms with Crippen LogP contribution in [0.4, 0.5) is 13.2 Å². The minimum atomic E-state index is -5.14. The fourth-order valence-corrected chi connectivity index (χ4v) is 3.27. The molecule has 0 fully saturated rings. The van der Waals surface area contributed by atoms with Crippen LogP contribution in [0.5, 0.6) is 0 Å². The van der Waals surface area contributed by atoms with Crippen LogP contribution < -0.4 is 0 Å². The van der Waals surface area contributed by atoms with E-state index in [0.717, 1.165) is 11.1 Å². The van der Waals surface area contributed by atoms with Crippen molar-refractivity contribution in [2.24, 2.45) is 0 Å². The van der Waals surface area contributed by atoms with Gasteiger partial charge in [-0.1, -0.05) is 56.3 Å². The van der Waals surface area contributed by atoms with Crippen molar-refractivity contribution in [1.82, 2.24) is 0 Å². The van der Waals surface area contributed by atoms with Crippen molar-refractivity contribution >= 4 is 16.1 Å². The molecule has 2 aromatic rings. The zero-order valence-electron chi connectivity index (χ0n) is 15.1. The van der Waals surface area contributed by atoms with Crippen molar-refractivity contribution in [3.8, 4) is 0 Å².